The molecule has 0 amide bonds. The van der Waals surface area contributed by atoms with Gasteiger partial charge in [0.2, 0.25) is 0 Å². The maximum Gasteiger partial charge on any atom is 0.0271 e. The molecule has 0 aromatic carbocycles. The van der Waals surface area contributed by atoms with E-state index in [1.807, 2.05) is 12.4 Å². The topological polar surface area (TPSA) is 19.4 Å². The van der Waals surface area contributed by atoms with Gasteiger partial charge in [0.25, 0.3) is 0 Å². The molecule has 18 heavy (non-hydrogen) atoms. The highest BCUT2D eigenvalue weighted by atomic mass is 15.2. The van der Waals surface area contributed by atoms with Crippen LogP contribution in [0.15, 0.2) is 24.5 Å². The number of hydrogen-bond donors (Lipinski definition) is 0. The van der Waals surface area contributed by atoms with Crippen LogP contribution in [0, 0.1) is 5.92 Å². The van der Waals surface area contributed by atoms with Crippen LogP contribution in [0.5, 0.6) is 0 Å². The van der Waals surface area contributed by atoms with Crippen LogP contribution in [0.2, 0.25) is 0 Å². The molecule has 2 rings (SSSR count). The summed E-state index contributed by atoms with van der Waals surface area (Å²) in [7, 11) is 2.25. The molecule has 1 aromatic heterocycles. The Morgan fingerprint density at radius 1 is 1.39 bits per heavy atom. The Kier molecular flexibility index (Phi) is 5.14. The summed E-state index contributed by atoms with van der Waals surface area (Å²) in [5.74, 6) is 0.850. The lowest BCUT2D eigenvalue weighted by Gasteiger charge is -2.21. The fraction of sp³-hybridized carbons (Fsp3) is 0.667. The lowest BCUT2D eigenvalue weighted by molar-refractivity contribution is 0.260. The molecule has 1 aliphatic rings. The van der Waals surface area contributed by atoms with Crippen LogP contribution in [-0.4, -0.2) is 48.0 Å². The van der Waals surface area contributed by atoms with Crippen molar-refractivity contribution in [2.45, 2.75) is 26.3 Å². The van der Waals surface area contributed by atoms with Crippen LogP contribution < -0.4 is 0 Å². The van der Waals surface area contributed by atoms with Crippen LogP contribution >= 0.6 is 0 Å². The monoisotopic (exact) mass is 247 g/mol. The number of likely N-dealkylation sites (tertiary alicyclic amines) is 1. The van der Waals surface area contributed by atoms with Gasteiger partial charge >= 0.3 is 0 Å². The van der Waals surface area contributed by atoms with Crippen molar-refractivity contribution in [3.63, 3.8) is 0 Å². The fourth-order valence-corrected chi connectivity index (χ4v) is 2.87. The van der Waals surface area contributed by atoms with Crippen molar-refractivity contribution in [1.29, 1.82) is 0 Å². The van der Waals surface area contributed by atoms with E-state index in [4.69, 9.17) is 0 Å². The maximum atomic E-state index is 4.07. The van der Waals surface area contributed by atoms with E-state index in [1.165, 1.54) is 44.6 Å². The summed E-state index contributed by atoms with van der Waals surface area (Å²) >= 11 is 0. The fourth-order valence-electron chi connectivity index (χ4n) is 2.87. The van der Waals surface area contributed by atoms with E-state index < -0.39 is 0 Å². The predicted octanol–water partition coefficient (Wildman–Crippen LogP) is 2.25. The maximum absolute atomic E-state index is 4.07. The summed E-state index contributed by atoms with van der Waals surface area (Å²) in [5, 5.41) is 0. The third kappa shape index (κ3) is 4.07. The van der Waals surface area contributed by atoms with E-state index in [0.29, 0.717) is 0 Å². The molecule has 3 nitrogen and oxygen atoms in total. The highest BCUT2D eigenvalue weighted by Gasteiger charge is 2.23. The third-order valence-electron chi connectivity index (χ3n) is 3.70. The van der Waals surface area contributed by atoms with Gasteiger partial charge in [-0.3, -0.25) is 9.88 Å². The van der Waals surface area contributed by atoms with E-state index in [-0.39, 0.29) is 0 Å². The second-order valence-corrected chi connectivity index (χ2v) is 5.51. The molecule has 0 saturated carbocycles. The zero-order valence-corrected chi connectivity index (χ0v) is 11.7. The van der Waals surface area contributed by atoms with Crippen LogP contribution in [0.4, 0.5) is 0 Å². The highest BCUT2D eigenvalue weighted by molar-refractivity contribution is 5.09. The van der Waals surface area contributed by atoms with Gasteiger partial charge in [0.05, 0.1) is 0 Å². The lowest BCUT2D eigenvalue weighted by atomic mass is 10.1. The SMILES string of the molecule is CCCN(C)C[C@H]1CCN(Cc2ccncc2)C1. The van der Waals surface area contributed by atoms with Gasteiger partial charge in [0, 0.05) is 32.0 Å². The van der Waals surface area contributed by atoms with Crippen molar-refractivity contribution in [2.24, 2.45) is 5.92 Å². The summed E-state index contributed by atoms with van der Waals surface area (Å²) in [5.41, 5.74) is 1.38. The number of nitrogens with zero attached hydrogens (tertiary/aromatic N) is 3. The van der Waals surface area contributed by atoms with Gasteiger partial charge < -0.3 is 4.90 Å². The molecule has 0 N–H and O–H groups in total. The van der Waals surface area contributed by atoms with E-state index in [1.54, 1.807) is 0 Å². The Balaban J connectivity index is 1.75. The second-order valence-electron chi connectivity index (χ2n) is 5.51. The summed E-state index contributed by atoms with van der Waals surface area (Å²) in [6, 6.07) is 4.24. The van der Waals surface area contributed by atoms with Crippen LogP contribution in [0.25, 0.3) is 0 Å². The zero-order valence-electron chi connectivity index (χ0n) is 11.7. The Morgan fingerprint density at radius 2 is 2.17 bits per heavy atom. The first-order valence-electron chi connectivity index (χ1n) is 7.07. The zero-order chi connectivity index (χ0) is 12.8. The van der Waals surface area contributed by atoms with E-state index >= 15 is 0 Å². The molecule has 0 bridgehead atoms. The average Bonchev–Trinajstić information content (AvgIpc) is 2.78. The lowest BCUT2D eigenvalue weighted by Crippen LogP contribution is -2.28. The molecule has 1 aromatic rings. The standard InChI is InChI=1S/C15H25N3/c1-3-9-17(2)11-15-6-10-18(13-15)12-14-4-7-16-8-5-14/h4-5,7-8,15H,3,6,9-13H2,1-2H3/t15-/m1/s1. The molecule has 0 aliphatic carbocycles. The van der Waals surface area contributed by atoms with Crippen molar-refractivity contribution >= 4 is 0 Å². The minimum Gasteiger partial charge on any atom is -0.306 e. The van der Waals surface area contributed by atoms with Crippen molar-refractivity contribution in [1.82, 2.24) is 14.8 Å². The molecule has 1 fully saturated rings. The Labute approximate surface area is 111 Å². The Hall–Kier alpha value is -0.930. The smallest absolute Gasteiger partial charge is 0.0271 e. The van der Waals surface area contributed by atoms with Gasteiger partial charge in [-0.15, -0.1) is 0 Å². The summed E-state index contributed by atoms with van der Waals surface area (Å²) in [4.78, 5) is 9.11. The van der Waals surface area contributed by atoms with Crippen molar-refractivity contribution in [3.8, 4) is 0 Å². The molecular weight excluding hydrogens is 222 g/mol. The largest absolute Gasteiger partial charge is 0.306 e. The van der Waals surface area contributed by atoms with Crippen LogP contribution in [-0.2, 0) is 6.54 Å². The van der Waals surface area contributed by atoms with E-state index in [9.17, 15) is 0 Å². The number of hydrogen-bond acceptors (Lipinski definition) is 3. The number of aromatic nitrogens is 1. The van der Waals surface area contributed by atoms with E-state index in [0.717, 1.165) is 12.5 Å². The Bertz CT molecular complexity index is 339. The minimum atomic E-state index is 0.850. The first kappa shape index (κ1) is 13.5. The van der Waals surface area contributed by atoms with Crippen molar-refractivity contribution in [2.75, 3.05) is 33.2 Å². The van der Waals surface area contributed by atoms with Crippen molar-refractivity contribution in [3.05, 3.63) is 30.1 Å². The second kappa shape index (κ2) is 6.86. The molecule has 0 radical (unpaired) electrons. The molecule has 0 spiro atoms. The van der Waals surface area contributed by atoms with Gasteiger partial charge in [-0.2, -0.15) is 0 Å². The molecule has 1 aliphatic heterocycles. The molecule has 3 heteroatoms. The normalized spacial score (nSPS) is 20.7. The highest BCUT2D eigenvalue weighted by Crippen LogP contribution is 2.19. The van der Waals surface area contributed by atoms with Gasteiger partial charge in [-0.05, 0) is 56.6 Å². The quantitative estimate of drug-likeness (QED) is 0.768. The van der Waals surface area contributed by atoms with Crippen LogP contribution in [0.3, 0.4) is 0 Å². The molecule has 2 heterocycles. The van der Waals surface area contributed by atoms with Gasteiger partial charge in [-0.25, -0.2) is 0 Å². The van der Waals surface area contributed by atoms with Gasteiger partial charge in [0.1, 0.15) is 0 Å². The minimum absolute atomic E-state index is 0.850. The number of rotatable bonds is 6. The van der Waals surface area contributed by atoms with Gasteiger partial charge in [0.15, 0.2) is 0 Å². The molecule has 1 saturated heterocycles. The third-order valence-corrected chi connectivity index (χ3v) is 3.70. The summed E-state index contributed by atoms with van der Waals surface area (Å²) in [6.45, 7) is 8.29. The number of pyridine rings is 1. The average molecular weight is 247 g/mol. The van der Waals surface area contributed by atoms with Gasteiger partial charge in [-0.1, -0.05) is 6.92 Å². The summed E-state index contributed by atoms with van der Waals surface area (Å²) < 4.78 is 0. The summed E-state index contributed by atoms with van der Waals surface area (Å²) in [6.07, 6.45) is 6.37. The van der Waals surface area contributed by atoms with Crippen LogP contribution in [0.1, 0.15) is 25.3 Å². The van der Waals surface area contributed by atoms with E-state index in [2.05, 4.69) is 40.9 Å². The molecule has 1 atom stereocenters. The molecule has 0 unspecified atom stereocenters. The first-order valence-corrected chi connectivity index (χ1v) is 7.07. The molecule has 100 valence electrons. The molecular formula is C15H25N3. The van der Waals surface area contributed by atoms with Crippen molar-refractivity contribution < 1.29 is 0 Å². The predicted molar refractivity (Wildman–Crippen MR) is 75.4 cm³/mol. The Morgan fingerprint density at radius 3 is 2.89 bits per heavy atom. The first-order chi connectivity index (χ1) is 8.78.